The summed E-state index contributed by atoms with van der Waals surface area (Å²) in [5, 5.41) is 12.3. The van der Waals surface area contributed by atoms with Crippen LogP contribution in [0.1, 0.15) is 19.8 Å². The fraction of sp³-hybridized carbons (Fsp3) is 0.500. The minimum atomic E-state index is -0.830. The number of nitrogens with zero attached hydrogens (tertiary/aromatic N) is 2. The van der Waals surface area contributed by atoms with Gasteiger partial charge >= 0.3 is 5.97 Å². The topological polar surface area (TPSA) is 82.5 Å². The third kappa shape index (κ3) is 4.15. The Kier molecular flexibility index (Phi) is 5.14. The van der Waals surface area contributed by atoms with Gasteiger partial charge in [-0.15, -0.1) is 0 Å². The van der Waals surface area contributed by atoms with E-state index < -0.39 is 12.0 Å². The summed E-state index contributed by atoms with van der Waals surface area (Å²) < 4.78 is 0. The molecule has 2 N–H and O–H groups in total. The maximum absolute atomic E-state index is 12.1. The molecule has 21 heavy (non-hydrogen) atoms. The first-order valence-electron chi connectivity index (χ1n) is 6.86. The van der Waals surface area contributed by atoms with Crippen LogP contribution in [-0.4, -0.2) is 46.0 Å². The molecule has 1 saturated heterocycles. The number of carboxylic acid groups (broad SMARTS) is 1. The van der Waals surface area contributed by atoms with Gasteiger partial charge in [-0.3, -0.25) is 14.5 Å². The van der Waals surface area contributed by atoms with Crippen molar-refractivity contribution < 1.29 is 14.7 Å². The normalized spacial score (nSPS) is 18.2. The summed E-state index contributed by atoms with van der Waals surface area (Å²) >= 11 is 5.74. The molecule has 0 aromatic carbocycles. The number of carbonyl (C=O) groups excluding carboxylic acids is 1. The van der Waals surface area contributed by atoms with E-state index >= 15 is 0 Å². The highest BCUT2D eigenvalue weighted by molar-refractivity contribution is 6.30. The van der Waals surface area contributed by atoms with Crippen LogP contribution in [0.15, 0.2) is 18.3 Å². The molecule has 7 heteroatoms. The molecular formula is C14H18ClN3O3. The number of nitrogens with one attached hydrogen (secondary N) is 1. The van der Waals surface area contributed by atoms with Crippen molar-refractivity contribution in [1.82, 2.24) is 9.88 Å². The second-order valence-corrected chi connectivity index (χ2v) is 5.61. The summed E-state index contributed by atoms with van der Waals surface area (Å²) in [6.07, 6.45) is 2.78. The van der Waals surface area contributed by atoms with E-state index in [1.807, 2.05) is 4.90 Å². The molecule has 0 bridgehead atoms. The lowest BCUT2D eigenvalue weighted by atomic mass is 9.95. The number of piperidine rings is 1. The number of rotatable bonds is 4. The Morgan fingerprint density at radius 1 is 1.43 bits per heavy atom. The van der Waals surface area contributed by atoms with E-state index in [4.69, 9.17) is 16.7 Å². The number of halogens is 1. The molecule has 6 nitrogen and oxygen atoms in total. The number of aromatic nitrogens is 1. The Balaban J connectivity index is 1.85. The van der Waals surface area contributed by atoms with Crippen molar-refractivity contribution >= 4 is 29.3 Å². The molecule has 1 amide bonds. The van der Waals surface area contributed by atoms with Crippen LogP contribution in [0.25, 0.3) is 0 Å². The van der Waals surface area contributed by atoms with E-state index in [2.05, 4.69) is 10.3 Å². The van der Waals surface area contributed by atoms with Gasteiger partial charge in [-0.05, 0) is 45.0 Å². The van der Waals surface area contributed by atoms with Gasteiger partial charge < -0.3 is 10.4 Å². The largest absolute Gasteiger partial charge is 0.480 e. The van der Waals surface area contributed by atoms with Crippen LogP contribution >= 0.6 is 11.6 Å². The molecule has 1 unspecified atom stereocenters. The summed E-state index contributed by atoms with van der Waals surface area (Å²) in [7, 11) is 0. The number of aliphatic carboxylic acids is 1. The van der Waals surface area contributed by atoms with Crippen molar-refractivity contribution in [3.63, 3.8) is 0 Å². The first-order valence-corrected chi connectivity index (χ1v) is 7.24. The zero-order valence-electron chi connectivity index (χ0n) is 11.8. The monoisotopic (exact) mass is 311 g/mol. The minimum Gasteiger partial charge on any atom is -0.480 e. The summed E-state index contributed by atoms with van der Waals surface area (Å²) in [5.41, 5.74) is 0. The zero-order valence-corrected chi connectivity index (χ0v) is 12.5. The van der Waals surface area contributed by atoms with Crippen molar-refractivity contribution in [2.24, 2.45) is 5.92 Å². The standard InChI is InChI=1S/C14H18ClN3O3/c1-9(14(20)21)18-6-4-10(5-7-18)13(19)17-12-3-2-11(15)8-16-12/h2-3,8-10H,4-7H2,1H3,(H,20,21)(H,16,17,19). The maximum Gasteiger partial charge on any atom is 0.320 e. The highest BCUT2D eigenvalue weighted by atomic mass is 35.5. The lowest BCUT2D eigenvalue weighted by Gasteiger charge is -2.33. The molecule has 1 aliphatic rings. The summed E-state index contributed by atoms with van der Waals surface area (Å²) in [5.74, 6) is -0.541. The minimum absolute atomic E-state index is 0.0764. The second kappa shape index (κ2) is 6.87. The fourth-order valence-corrected chi connectivity index (χ4v) is 2.49. The molecule has 114 valence electrons. The van der Waals surface area contributed by atoms with E-state index in [1.165, 1.54) is 6.20 Å². The molecule has 2 heterocycles. The van der Waals surface area contributed by atoms with Crippen LogP contribution in [0, 0.1) is 5.92 Å². The van der Waals surface area contributed by atoms with Crippen LogP contribution < -0.4 is 5.32 Å². The molecule has 0 aliphatic carbocycles. The fourth-order valence-electron chi connectivity index (χ4n) is 2.38. The van der Waals surface area contributed by atoms with Crippen molar-refractivity contribution in [3.05, 3.63) is 23.4 Å². The van der Waals surface area contributed by atoms with Gasteiger partial charge in [0.1, 0.15) is 11.9 Å². The predicted octanol–water partition coefficient (Wildman–Crippen LogP) is 1.86. The Bertz CT molecular complexity index is 513. The average Bonchev–Trinajstić information content (AvgIpc) is 2.49. The number of amides is 1. The first-order chi connectivity index (χ1) is 9.97. The summed E-state index contributed by atoms with van der Waals surface area (Å²) in [6.45, 7) is 2.89. The lowest BCUT2D eigenvalue weighted by molar-refractivity contribution is -0.143. The molecule has 0 saturated carbocycles. The number of carboxylic acids is 1. The van der Waals surface area contributed by atoms with Crippen LogP contribution in [0.2, 0.25) is 5.02 Å². The SMILES string of the molecule is CC(C(=O)O)N1CCC(C(=O)Nc2ccc(Cl)cn2)CC1. The summed E-state index contributed by atoms with van der Waals surface area (Å²) in [4.78, 5) is 29.0. The summed E-state index contributed by atoms with van der Waals surface area (Å²) in [6, 6.07) is 2.82. The smallest absolute Gasteiger partial charge is 0.320 e. The number of pyridine rings is 1. The van der Waals surface area contributed by atoms with Gasteiger partial charge in [-0.25, -0.2) is 4.98 Å². The second-order valence-electron chi connectivity index (χ2n) is 5.18. The third-order valence-corrected chi connectivity index (χ3v) is 4.01. The highest BCUT2D eigenvalue weighted by Crippen LogP contribution is 2.21. The van der Waals surface area contributed by atoms with Gasteiger partial charge in [0.2, 0.25) is 5.91 Å². The highest BCUT2D eigenvalue weighted by Gasteiger charge is 2.29. The molecule has 1 aromatic rings. The Hall–Kier alpha value is -1.66. The molecular weight excluding hydrogens is 294 g/mol. The van der Waals surface area contributed by atoms with Crippen molar-refractivity contribution in [2.75, 3.05) is 18.4 Å². The van der Waals surface area contributed by atoms with E-state index in [-0.39, 0.29) is 11.8 Å². The van der Waals surface area contributed by atoms with E-state index in [1.54, 1.807) is 19.1 Å². The van der Waals surface area contributed by atoms with Crippen LogP contribution in [0.3, 0.4) is 0 Å². The van der Waals surface area contributed by atoms with Gasteiger partial charge in [0, 0.05) is 12.1 Å². The van der Waals surface area contributed by atoms with Gasteiger partial charge in [-0.2, -0.15) is 0 Å². The molecule has 2 rings (SSSR count). The number of anilines is 1. The van der Waals surface area contributed by atoms with Crippen LogP contribution in [0.4, 0.5) is 5.82 Å². The number of likely N-dealkylation sites (tertiary alicyclic amines) is 1. The van der Waals surface area contributed by atoms with Crippen molar-refractivity contribution in [2.45, 2.75) is 25.8 Å². The molecule has 1 fully saturated rings. The number of hydrogen-bond acceptors (Lipinski definition) is 4. The van der Waals surface area contributed by atoms with E-state index in [0.29, 0.717) is 36.8 Å². The molecule has 1 aliphatic heterocycles. The van der Waals surface area contributed by atoms with Gasteiger partial charge in [-0.1, -0.05) is 11.6 Å². The van der Waals surface area contributed by atoms with Gasteiger partial charge in [0.25, 0.3) is 0 Å². The van der Waals surface area contributed by atoms with Crippen LogP contribution in [-0.2, 0) is 9.59 Å². The molecule has 1 atom stereocenters. The average molecular weight is 312 g/mol. The molecule has 1 aromatic heterocycles. The quantitative estimate of drug-likeness (QED) is 0.887. The van der Waals surface area contributed by atoms with E-state index in [0.717, 1.165) is 0 Å². The lowest BCUT2D eigenvalue weighted by Crippen LogP contribution is -2.45. The Morgan fingerprint density at radius 3 is 2.62 bits per heavy atom. The first kappa shape index (κ1) is 15.7. The molecule has 0 radical (unpaired) electrons. The Labute approximate surface area is 128 Å². The van der Waals surface area contributed by atoms with Crippen molar-refractivity contribution in [1.29, 1.82) is 0 Å². The van der Waals surface area contributed by atoms with Crippen molar-refractivity contribution in [3.8, 4) is 0 Å². The van der Waals surface area contributed by atoms with Gasteiger partial charge in [0.15, 0.2) is 0 Å². The molecule has 0 spiro atoms. The number of carbonyl (C=O) groups is 2. The predicted molar refractivity (Wildman–Crippen MR) is 79.3 cm³/mol. The van der Waals surface area contributed by atoms with Gasteiger partial charge in [0.05, 0.1) is 5.02 Å². The number of hydrogen-bond donors (Lipinski definition) is 2. The third-order valence-electron chi connectivity index (χ3n) is 3.78. The van der Waals surface area contributed by atoms with Crippen LogP contribution in [0.5, 0.6) is 0 Å². The maximum atomic E-state index is 12.1. The Morgan fingerprint density at radius 2 is 2.10 bits per heavy atom. The van der Waals surface area contributed by atoms with E-state index in [9.17, 15) is 9.59 Å². The zero-order chi connectivity index (χ0) is 15.4.